The lowest BCUT2D eigenvalue weighted by Gasteiger charge is -2.24. The van der Waals surface area contributed by atoms with Crippen molar-refractivity contribution in [1.29, 1.82) is 0 Å². The Hall–Kier alpha value is -1.43. The molecule has 5 nitrogen and oxygen atoms in total. The number of para-hydroxylation sites is 1. The molecule has 0 saturated heterocycles. The van der Waals surface area contributed by atoms with Gasteiger partial charge in [-0.1, -0.05) is 18.2 Å². The molecule has 1 aromatic carbocycles. The number of anilines is 1. The Labute approximate surface area is 121 Å². The number of benzene rings is 1. The van der Waals surface area contributed by atoms with E-state index in [1.807, 2.05) is 50.1 Å². The monoisotopic (exact) mass is 279 g/mol. The van der Waals surface area contributed by atoms with Crippen LogP contribution in [0.5, 0.6) is 0 Å². The zero-order valence-electron chi connectivity index (χ0n) is 12.6. The minimum atomic E-state index is -0.221. The number of nitrogens with zero attached hydrogens (tertiary/aromatic N) is 1. The van der Waals surface area contributed by atoms with Gasteiger partial charge in [0, 0.05) is 25.4 Å². The molecule has 112 valence electrons. The Morgan fingerprint density at radius 3 is 2.80 bits per heavy atom. The number of ether oxygens (including phenoxy) is 1. The first kappa shape index (κ1) is 16.6. The lowest BCUT2D eigenvalue weighted by atomic mass is 10.1. The molecule has 1 unspecified atom stereocenters. The third-order valence-corrected chi connectivity index (χ3v) is 3.33. The second-order valence-electron chi connectivity index (χ2n) is 4.70. The quantitative estimate of drug-likeness (QED) is 0.707. The van der Waals surface area contributed by atoms with Gasteiger partial charge in [-0.15, -0.1) is 0 Å². The number of hydrogen-bond acceptors (Lipinski definition) is 4. The maximum Gasteiger partial charge on any atom is 0.241 e. The minimum absolute atomic E-state index is 0.0371. The number of carbonyl (C=O) groups excluding carboxylic acids is 1. The summed E-state index contributed by atoms with van der Waals surface area (Å²) >= 11 is 0. The Morgan fingerprint density at radius 1 is 1.45 bits per heavy atom. The van der Waals surface area contributed by atoms with E-state index in [1.165, 1.54) is 0 Å². The van der Waals surface area contributed by atoms with E-state index in [2.05, 4.69) is 5.32 Å². The van der Waals surface area contributed by atoms with Gasteiger partial charge in [0.05, 0.1) is 12.6 Å². The van der Waals surface area contributed by atoms with Crippen molar-refractivity contribution in [2.24, 2.45) is 5.73 Å². The van der Waals surface area contributed by atoms with Gasteiger partial charge in [-0.3, -0.25) is 9.69 Å². The molecule has 0 bridgehead atoms. The van der Waals surface area contributed by atoms with Gasteiger partial charge < -0.3 is 15.8 Å². The number of likely N-dealkylation sites (N-methyl/N-ethyl adjacent to an activating group) is 1. The van der Waals surface area contributed by atoms with E-state index in [0.29, 0.717) is 19.8 Å². The summed E-state index contributed by atoms with van der Waals surface area (Å²) in [5.41, 5.74) is 7.38. The topological polar surface area (TPSA) is 67.6 Å². The van der Waals surface area contributed by atoms with Gasteiger partial charge in [0.25, 0.3) is 0 Å². The van der Waals surface area contributed by atoms with E-state index in [0.717, 1.165) is 17.8 Å². The summed E-state index contributed by atoms with van der Waals surface area (Å²) < 4.78 is 5.30. The normalized spacial score (nSPS) is 12.4. The maximum absolute atomic E-state index is 12.2. The zero-order valence-corrected chi connectivity index (χ0v) is 12.6. The lowest BCUT2D eigenvalue weighted by molar-refractivity contribution is -0.120. The Morgan fingerprint density at radius 2 is 2.15 bits per heavy atom. The molecule has 20 heavy (non-hydrogen) atoms. The largest absolute Gasteiger partial charge is 0.380 e. The molecule has 0 fully saturated rings. The van der Waals surface area contributed by atoms with Crippen LogP contribution in [0.1, 0.15) is 19.4 Å². The molecule has 1 amide bonds. The molecular weight excluding hydrogens is 254 g/mol. The van der Waals surface area contributed by atoms with E-state index in [4.69, 9.17) is 10.5 Å². The van der Waals surface area contributed by atoms with Crippen molar-refractivity contribution >= 4 is 11.6 Å². The maximum atomic E-state index is 12.2. The van der Waals surface area contributed by atoms with Crippen molar-refractivity contribution in [3.05, 3.63) is 29.8 Å². The predicted molar refractivity (Wildman–Crippen MR) is 81.5 cm³/mol. The van der Waals surface area contributed by atoms with Gasteiger partial charge in [0.1, 0.15) is 0 Å². The minimum Gasteiger partial charge on any atom is -0.380 e. The van der Waals surface area contributed by atoms with Crippen LogP contribution in [0.15, 0.2) is 24.3 Å². The molecule has 0 heterocycles. The second kappa shape index (κ2) is 8.68. The Kier molecular flexibility index (Phi) is 7.22. The number of nitrogens with two attached hydrogens (primary N) is 1. The van der Waals surface area contributed by atoms with E-state index in [1.54, 1.807) is 0 Å². The second-order valence-corrected chi connectivity index (χ2v) is 4.70. The molecule has 0 spiro atoms. The SMILES string of the molecule is CCOCCN(C)C(C)C(=O)Nc1ccccc1CN. The Balaban J connectivity index is 2.56. The van der Waals surface area contributed by atoms with Crippen LogP contribution >= 0.6 is 0 Å². The van der Waals surface area contributed by atoms with Crippen LogP contribution < -0.4 is 11.1 Å². The number of amides is 1. The summed E-state index contributed by atoms with van der Waals surface area (Å²) in [4.78, 5) is 14.2. The first-order valence-electron chi connectivity index (χ1n) is 6.97. The highest BCUT2D eigenvalue weighted by Gasteiger charge is 2.18. The van der Waals surface area contributed by atoms with Crippen LogP contribution in [0.4, 0.5) is 5.69 Å². The fourth-order valence-electron chi connectivity index (χ4n) is 1.80. The Bertz CT molecular complexity index is 423. The molecule has 1 rings (SSSR count). The van der Waals surface area contributed by atoms with Crippen molar-refractivity contribution < 1.29 is 9.53 Å². The van der Waals surface area contributed by atoms with Gasteiger partial charge >= 0.3 is 0 Å². The molecule has 1 aromatic rings. The van der Waals surface area contributed by atoms with Gasteiger partial charge in [0.15, 0.2) is 0 Å². The first-order valence-corrected chi connectivity index (χ1v) is 6.97. The highest BCUT2D eigenvalue weighted by atomic mass is 16.5. The molecule has 0 aromatic heterocycles. The van der Waals surface area contributed by atoms with Crippen LogP contribution in [-0.4, -0.2) is 43.7 Å². The summed E-state index contributed by atoms with van der Waals surface area (Å²) in [5.74, 6) is -0.0371. The predicted octanol–water partition coefficient (Wildman–Crippen LogP) is 1.44. The average Bonchev–Trinajstić information content (AvgIpc) is 2.47. The van der Waals surface area contributed by atoms with Gasteiger partial charge in [-0.2, -0.15) is 0 Å². The van der Waals surface area contributed by atoms with Crippen molar-refractivity contribution in [3.8, 4) is 0 Å². The van der Waals surface area contributed by atoms with E-state index in [-0.39, 0.29) is 11.9 Å². The highest BCUT2D eigenvalue weighted by Crippen LogP contribution is 2.14. The van der Waals surface area contributed by atoms with Crippen molar-refractivity contribution in [2.45, 2.75) is 26.4 Å². The standard InChI is InChI=1S/C15H25N3O2/c1-4-20-10-9-18(3)12(2)15(19)17-14-8-6-5-7-13(14)11-16/h5-8,12H,4,9-11,16H2,1-3H3,(H,17,19). The number of carbonyl (C=O) groups is 1. The molecule has 3 N–H and O–H groups in total. The molecule has 0 saturated carbocycles. The molecule has 1 atom stereocenters. The van der Waals surface area contributed by atoms with Gasteiger partial charge in [-0.25, -0.2) is 0 Å². The van der Waals surface area contributed by atoms with Gasteiger partial charge in [-0.05, 0) is 32.5 Å². The number of nitrogens with one attached hydrogen (secondary N) is 1. The van der Waals surface area contributed by atoms with Gasteiger partial charge in [0.2, 0.25) is 5.91 Å². The van der Waals surface area contributed by atoms with E-state index < -0.39 is 0 Å². The summed E-state index contributed by atoms with van der Waals surface area (Å²) in [6, 6.07) is 7.36. The average molecular weight is 279 g/mol. The number of hydrogen-bond donors (Lipinski definition) is 2. The van der Waals surface area contributed by atoms with Crippen LogP contribution in [0, 0.1) is 0 Å². The lowest BCUT2D eigenvalue weighted by Crippen LogP contribution is -2.41. The molecule has 5 heteroatoms. The summed E-state index contributed by atoms with van der Waals surface area (Å²) in [5, 5.41) is 2.93. The smallest absolute Gasteiger partial charge is 0.241 e. The third-order valence-electron chi connectivity index (χ3n) is 3.33. The molecule has 0 aliphatic carbocycles. The van der Waals surface area contributed by atoms with Crippen molar-refractivity contribution in [3.63, 3.8) is 0 Å². The van der Waals surface area contributed by atoms with Crippen LogP contribution in [0.2, 0.25) is 0 Å². The fourth-order valence-corrected chi connectivity index (χ4v) is 1.80. The zero-order chi connectivity index (χ0) is 15.0. The summed E-state index contributed by atoms with van der Waals surface area (Å²) in [7, 11) is 1.91. The third kappa shape index (κ3) is 4.92. The van der Waals surface area contributed by atoms with Crippen LogP contribution in [0.3, 0.4) is 0 Å². The highest BCUT2D eigenvalue weighted by molar-refractivity contribution is 5.95. The van der Waals surface area contributed by atoms with Crippen LogP contribution in [0.25, 0.3) is 0 Å². The molecule has 0 radical (unpaired) electrons. The summed E-state index contributed by atoms with van der Waals surface area (Å²) in [6.45, 7) is 6.29. The van der Waals surface area contributed by atoms with Crippen molar-refractivity contribution in [1.82, 2.24) is 4.90 Å². The van der Waals surface area contributed by atoms with E-state index >= 15 is 0 Å². The molecular formula is C15H25N3O2. The molecule has 0 aliphatic rings. The van der Waals surface area contributed by atoms with Crippen LogP contribution in [-0.2, 0) is 16.1 Å². The number of rotatable bonds is 8. The van der Waals surface area contributed by atoms with Crippen molar-refractivity contribution in [2.75, 3.05) is 32.1 Å². The fraction of sp³-hybridized carbons (Fsp3) is 0.533. The molecule has 0 aliphatic heterocycles. The first-order chi connectivity index (χ1) is 9.60. The summed E-state index contributed by atoms with van der Waals surface area (Å²) in [6.07, 6.45) is 0. The van der Waals surface area contributed by atoms with E-state index in [9.17, 15) is 4.79 Å².